The molecule has 8 heteroatoms. The number of carbonyl (C=O) groups is 1. The molecule has 0 aliphatic heterocycles. The van der Waals surface area contributed by atoms with Crippen molar-refractivity contribution in [3.63, 3.8) is 0 Å². The third-order valence-corrected chi connectivity index (χ3v) is 5.34. The Balaban J connectivity index is 1.51. The number of hydrogen-bond donors (Lipinski definition) is 2. The molecule has 162 valence electrons. The van der Waals surface area contributed by atoms with Crippen molar-refractivity contribution >= 4 is 51.0 Å². The number of nitrogens with zero attached hydrogens (tertiary/aromatic N) is 1. The van der Waals surface area contributed by atoms with Crippen LogP contribution in [0.5, 0.6) is 0 Å². The van der Waals surface area contributed by atoms with E-state index in [0.717, 1.165) is 39.2 Å². The van der Waals surface area contributed by atoms with Gasteiger partial charge in [-0.3, -0.25) is 4.79 Å². The molecule has 1 amide bonds. The number of rotatable bonds is 5. The van der Waals surface area contributed by atoms with Gasteiger partial charge in [0.2, 0.25) is 0 Å². The van der Waals surface area contributed by atoms with Crippen molar-refractivity contribution in [3.8, 4) is 0 Å². The van der Waals surface area contributed by atoms with Crippen LogP contribution in [0.2, 0.25) is 5.02 Å². The summed E-state index contributed by atoms with van der Waals surface area (Å²) in [7, 11) is 0. The molecule has 32 heavy (non-hydrogen) atoms. The molecule has 0 unspecified atom stereocenters. The Kier molecular flexibility index (Phi) is 6.01. The van der Waals surface area contributed by atoms with E-state index in [2.05, 4.69) is 15.8 Å². The fourth-order valence-electron chi connectivity index (χ4n) is 3.44. The van der Waals surface area contributed by atoms with E-state index < -0.39 is 17.6 Å². The van der Waals surface area contributed by atoms with Crippen molar-refractivity contribution in [2.45, 2.75) is 6.18 Å². The molecule has 0 saturated carbocycles. The molecule has 0 radical (unpaired) electrons. The lowest BCUT2D eigenvalue weighted by molar-refractivity contribution is -0.137. The quantitative estimate of drug-likeness (QED) is 0.213. The number of carbonyl (C=O) groups excluding carboxylic acids is 1. The Morgan fingerprint density at radius 2 is 1.50 bits per heavy atom. The average Bonchev–Trinajstić information content (AvgIpc) is 2.79. The standard InChI is InChI=1S/C24H17ClF3N3O/c25-23-19-10-3-1-8-17(19)21(18-9-2-4-11-20(18)23)13-30-31-22(32)14-29-16-7-5-6-15(12-16)24(26,27)28/h1-13,29H,14H2,(H,31,32). The molecule has 4 aromatic rings. The highest BCUT2D eigenvalue weighted by molar-refractivity contribution is 6.42. The van der Waals surface area contributed by atoms with Gasteiger partial charge in [-0.05, 0) is 29.0 Å². The van der Waals surface area contributed by atoms with E-state index in [-0.39, 0.29) is 12.2 Å². The molecule has 0 atom stereocenters. The van der Waals surface area contributed by atoms with Gasteiger partial charge in [0.05, 0.1) is 23.3 Å². The van der Waals surface area contributed by atoms with Crippen LogP contribution < -0.4 is 10.7 Å². The maximum absolute atomic E-state index is 12.8. The van der Waals surface area contributed by atoms with Crippen molar-refractivity contribution in [1.29, 1.82) is 0 Å². The molecule has 0 aromatic heterocycles. The Morgan fingerprint density at radius 1 is 0.906 bits per heavy atom. The van der Waals surface area contributed by atoms with Gasteiger partial charge in [-0.25, -0.2) is 5.43 Å². The summed E-state index contributed by atoms with van der Waals surface area (Å²) >= 11 is 6.58. The fraction of sp³-hybridized carbons (Fsp3) is 0.0833. The number of anilines is 1. The summed E-state index contributed by atoms with van der Waals surface area (Å²) in [6.45, 7) is -0.235. The fourth-order valence-corrected chi connectivity index (χ4v) is 3.77. The highest BCUT2D eigenvalue weighted by Crippen LogP contribution is 2.35. The predicted molar refractivity (Wildman–Crippen MR) is 122 cm³/mol. The summed E-state index contributed by atoms with van der Waals surface area (Å²) in [5.41, 5.74) is 2.60. The molecule has 0 fully saturated rings. The molecule has 2 N–H and O–H groups in total. The van der Waals surface area contributed by atoms with Gasteiger partial charge in [-0.1, -0.05) is 66.2 Å². The van der Waals surface area contributed by atoms with Crippen LogP contribution in [-0.4, -0.2) is 18.7 Å². The molecule has 4 aromatic carbocycles. The normalized spacial score (nSPS) is 11.9. The topological polar surface area (TPSA) is 53.5 Å². The minimum Gasteiger partial charge on any atom is -0.376 e. The van der Waals surface area contributed by atoms with Gasteiger partial charge in [0.1, 0.15) is 0 Å². The molecular formula is C24H17ClF3N3O. The molecule has 0 saturated heterocycles. The minimum atomic E-state index is -4.45. The number of amides is 1. The summed E-state index contributed by atoms with van der Waals surface area (Å²) in [5.74, 6) is -0.499. The second kappa shape index (κ2) is 8.88. The van der Waals surface area contributed by atoms with Crippen molar-refractivity contribution in [2.75, 3.05) is 11.9 Å². The molecule has 0 bridgehead atoms. The third-order valence-electron chi connectivity index (χ3n) is 4.93. The van der Waals surface area contributed by atoms with Crippen molar-refractivity contribution in [3.05, 3.63) is 88.9 Å². The first-order chi connectivity index (χ1) is 15.3. The summed E-state index contributed by atoms with van der Waals surface area (Å²) in [5, 5.41) is 10.9. The number of fused-ring (bicyclic) bond motifs is 2. The zero-order chi connectivity index (χ0) is 22.7. The Bertz CT molecular complexity index is 1280. The largest absolute Gasteiger partial charge is 0.416 e. The van der Waals surface area contributed by atoms with Crippen LogP contribution >= 0.6 is 11.6 Å². The number of benzene rings is 4. The van der Waals surface area contributed by atoms with E-state index >= 15 is 0 Å². The lowest BCUT2D eigenvalue weighted by Gasteiger charge is -2.11. The Hall–Kier alpha value is -3.58. The summed E-state index contributed by atoms with van der Waals surface area (Å²) in [6.07, 6.45) is -2.91. The lowest BCUT2D eigenvalue weighted by Crippen LogP contribution is -2.26. The van der Waals surface area contributed by atoms with Gasteiger partial charge in [0.15, 0.2) is 0 Å². The van der Waals surface area contributed by atoms with Gasteiger partial charge in [0.25, 0.3) is 5.91 Å². The first-order valence-electron chi connectivity index (χ1n) is 9.66. The minimum absolute atomic E-state index is 0.189. The van der Waals surface area contributed by atoms with Gasteiger partial charge >= 0.3 is 6.18 Å². The highest BCUT2D eigenvalue weighted by atomic mass is 35.5. The number of hydrazone groups is 1. The predicted octanol–water partition coefficient (Wildman–Crippen LogP) is 6.23. The molecule has 0 aliphatic carbocycles. The van der Waals surface area contributed by atoms with E-state index in [1.807, 2.05) is 48.5 Å². The number of hydrogen-bond acceptors (Lipinski definition) is 3. The van der Waals surface area contributed by atoms with Crippen molar-refractivity contribution in [1.82, 2.24) is 5.43 Å². The maximum Gasteiger partial charge on any atom is 0.416 e. The van der Waals surface area contributed by atoms with Crippen LogP contribution in [0, 0.1) is 0 Å². The van der Waals surface area contributed by atoms with Crippen molar-refractivity contribution < 1.29 is 18.0 Å². The van der Waals surface area contributed by atoms with Crippen LogP contribution in [0.15, 0.2) is 77.9 Å². The van der Waals surface area contributed by atoms with Crippen LogP contribution in [-0.2, 0) is 11.0 Å². The first kappa shape index (κ1) is 21.6. The van der Waals surface area contributed by atoms with Crippen LogP contribution in [0.1, 0.15) is 11.1 Å². The van der Waals surface area contributed by atoms with E-state index in [9.17, 15) is 18.0 Å². The zero-order valence-corrected chi connectivity index (χ0v) is 17.3. The number of nitrogens with one attached hydrogen (secondary N) is 2. The average molecular weight is 456 g/mol. The second-order valence-electron chi connectivity index (χ2n) is 7.04. The van der Waals surface area contributed by atoms with Gasteiger partial charge < -0.3 is 5.32 Å². The monoisotopic (exact) mass is 455 g/mol. The SMILES string of the molecule is O=C(CNc1cccc(C(F)(F)F)c1)NN=Cc1c2ccccc2c(Cl)c2ccccc12. The van der Waals surface area contributed by atoms with Gasteiger partial charge in [-0.2, -0.15) is 18.3 Å². The lowest BCUT2D eigenvalue weighted by atomic mass is 9.97. The molecular weight excluding hydrogens is 439 g/mol. The second-order valence-corrected chi connectivity index (χ2v) is 7.42. The van der Waals surface area contributed by atoms with E-state index in [0.29, 0.717) is 5.02 Å². The first-order valence-corrected chi connectivity index (χ1v) is 10.0. The Morgan fingerprint density at radius 3 is 2.09 bits per heavy atom. The molecule has 4 nitrogen and oxygen atoms in total. The Labute approximate surface area is 186 Å². The number of alkyl halides is 3. The van der Waals surface area contributed by atoms with Crippen LogP contribution in [0.4, 0.5) is 18.9 Å². The molecule has 0 spiro atoms. The zero-order valence-electron chi connectivity index (χ0n) is 16.6. The molecule has 4 rings (SSSR count). The summed E-state index contributed by atoms with van der Waals surface area (Å²) < 4.78 is 38.4. The molecule has 0 aliphatic rings. The van der Waals surface area contributed by atoms with Crippen molar-refractivity contribution in [2.24, 2.45) is 5.10 Å². The van der Waals surface area contributed by atoms with Gasteiger partial charge in [-0.15, -0.1) is 0 Å². The van der Waals surface area contributed by atoms with Gasteiger partial charge in [0, 0.05) is 22.0 Å². The molecule has 0 heterocycles. The van der Waals surface area contributed by atoms with E-state index in [1.165, 1.54) is 12.1 Å². The maximum atomic E-state index is 12.8. The third kappa shape index (κ3) is 4.53. The summed E-state index contributed by atoms with van der Waals surface area (Å²) in [4.78, 5) is 12.1. The van der Waals surface area contributed by atoms with Crippen LogP contribution in [0.25, 0.3) is 21.5 Å². The van der Waals surface area contributed by atoms with Crippen LogP contribution in [0.3, 0.4) is 0 Å². The summed E-state index contributed by atoms with van der Waals surface area (Å²) in [6, 6.07) is 19.9. The van der Waals surface area contributed by atoms with E-state index in [4.69, 9.17) is 11.6 Å². The smallest absolute Gasteiger partial charge is 0.376 e. The number of halogens is 4. The highest BCUT2D eigenvalue weighted by Gasteiger charge is 2.30. The van der Waals surface area contributed by atoms with E-state index in [1.54, 1.807) is 6.21 Å².